The maximum Gasteiger partial charge on any atom is 0.335 e. The van der Waals surface area contributed by atoms with Crippen LogP contribution in [0.3, 0.4) is 0 Å². The number of azo groups is 1. The first-order chi connectivity index (χ1) is 17.6. The Morgan fingerprint density at radius 2 is 1.32 bits per heavy atom. The van der Waals surface area contributed by atoms with E-state index in [1.165, 1.54) is 12.1 Å². The van der Waals surface area contributed by atoms with Crippen LogP contribution >= 0.6 is 0 Å². The number of carboxylic acids is 1. The van der Waals surface area contributed by atoms with Crippen LogP contribution in [0.5, 0.6) is 5.75 Å². The van der Waals surface area contributed by atoms with E-state index in [9.17, 15) is 14.7 Å². The molecule has 0 aliphatic heterocycles. The minimum atomic E-state index is -0.982. The third-order valence-corrected chi connectivity index (χ3v) is 6.16. The molecule has 3 aromatic carbocycles. The molecule has 3 rings (SSSR count). The smallest absolute Gasteiger partial charge is 0.335 e. The van der Waals surface area contributed by atoms with Crippen LogP contribution in [0.4, 0.5) is 11.4 Å². The quantitative estimate of drug-likeness (QED) is 0.238. The van der Waals surface area contributed by atoms with Crippen molar-refractivity contribution in [3.05, 3.63) is 88.5 Å². The van der Waals surface area contributed by atoms with Gasteiger partial charge in [0, 0.05) is 13.0 Å². The molecule has 194 valence electrons. The van der Waals surface area contributed by atoms with Crippen molar-refractivity contribution in [2.24, 2.45) is 10.2 Å². The standard InChI is InChI=1S/C30H35N3O4/c1-19(2)26-16-22(17-27(20(3)4)29(26)35)6-5-7-28(34)31-18-21-8-12-24(13-9-21)32-33-25-14-10-23(11-15-25)30(36)37/h8-17,19-20,35H,5-7,18H2,1-4H3,(H,31,34)(H,36,37). The molecule has 0 spiro atoms. The first-order valence-corrected chi connectivity index (χ1v) is 12.6. The number of nitrogens with zero attached hydrogens (tertiary/aromatic N) is 2. The van der Waals surface area contributed by atoms with Gasteiger partial charge in [0.25, 0.3) is 0 Å². The number of benzene rings is 3. The van der Waals surface area contributed by atoms with Crippen molar-refractivity contribution < 1.29 is 19.8 Å². The molecule has 3 N–H and O–H groups in total. The minimum Gasteiger partial charge on any atom is -0.507 e. The van der Waals surface area contributed by atoms with Gasteiger partial charge < -0.3 is 15.5 Å². The van der Waals surface area contributed by atoms with E-state index in [-0.39, 0.29) is 23.3 Å². The predicted molar refractivity (Wildman–Crippen MR) is 145 cm³/mol. The van der Waals surface area contributed by atoms with E-state index in [4.69, 9.17) is 5.11 Å². The number of carboxylic acid groups (broad SMARTS) is 1. The number of phenolic OH excluding ortho intramolecular Hbond substituents is 1. The molecule has 37 heavy (non-hydrogen) atoms. The minimum absolute atomic E-state index is 0.000478. The van der Waals surface area contributed by atoms with Crippen LogP contribution in [-0.2, 0) is 17.8 Å². The molecule has 7 nitrogen and oxygen atoms in total. The first-order valence-electron chi connectivity index (χ1n) is 12.6. The molecule has 0 saturated carbocycles. The van der Waals surface area contributed by atoms with Crippen LogP contribution in [0, 0.1) is 0 Å². The monoisotopic (exact) mass is 501 g/mol. The Morgan fingerprint density at radius 1 is 0.811 bits per heavy atom. The van der Waals surface area contributed by atoms with Crippen LogP contribution in [0.25, 0.3) is 0 Å². The first kappa shape index (κ1) is 27.6. The molecule has 0 radical (unpaired) electrons. The van der Waals surface area contributed by atoms with Crippen LogP contribution in [0.15, 0.2) is 70.9 Å². The zero-order valence-electron chi connectivity index (χ0n) is 21.9. The van der Waals surface area contributed by atoms with Crippen molar-refractivity contribution in [1.82, 2.24) is 5.32 Å². The number of carbonyl (C=O) groups excluding carboxylic acids is 1. The molecule has 0 aromatic heterocycles. The highest BCUT2D eigenvalue weighted by molar-refractivity contribution is 5.87. The van der Waals surface area contributed by atoms with Crippen molar-refractivity contribution >= 4 is 23.3 Å². The number of amides is 1. The second-order valence-electron chi connectivity index (χ2n) is 9.78. The summed E-state index contributed by atoms with van der Waals surface area (Å²) in [4.78, 5) is 23.3. The number of phenols is 1. The van der Waals surface area contributed by atoms with Gasteiger partial charge in [-0.2, -0.15) is 10.2 Å². The number of aryl methyl sites for hydroxylation is 1. The summed E-state index contributed by atoms with van der Waals surface area (Å²) in [5.41, 5.74) is 5.46. The van der Waals surface area contributed by atoms with Crippen molar-refractivity contribution in [1.29, 1.82) is 0 Å². The van der Waals surface area contributed by atoms with E-state index in [2.05, 4.69) is 55.4 Å². The van der Waals surface area contributed by atoms with Crippen LogP contribution in [0.2, 0.25) is 0 Å². The summed E-state index contributed by atoms with van der Waals surface area (Å²) >= 11 is 0. The van der Waals surface area contributed by atoms with Crippen molar-refractivity contribution in [3.8, 4) is 5.75 Å². The molecule has 0 aliphatic carbocycles. The van der Waals surface area contributed by atoms with E-state index >= 15 is 0 Å². The maximum atomic E-state index is 12.4. The predicted octanol–water partition coefficient (Wildman–Crippen LogP) is 7.39. The molecule has 0 atom stereocenters. The van der Waals surface area contributed by atoms with E-state index < -0.39 is 5.97 Å². The molecular formula is C30H35N3O4. The highest BCUT2D eigenvalue weighted by atomic mass is 16.4. The van der Waals surface area contributed by atoms with Crippen molar-refractivity contribution in [2.45, 2.75) is 65.3 Å². The van der Waals surface area contributed by atoms with Gasteiger partial charge in [0.05, 0.1) is 16.9 Å². The Bertz CT molecular complexity index is 1220. The van der Waals surface area contributed by atoms with Gasteiger partial charge in [-0.3, -0.25) is 4.79 Å². The number of rotatable bonds is 11. The SMILES string of the molecule is CC(C)c1cc(CCCC(=O)NCc2ccc(N=Nc3ccc(C(=O)O)cc3)cc2)cc(C(C)C)c1O. The molecular weight excluding hydrogens is 466 g/mol. The number of nitrogens with one attached hydrogen (secondary N) is 1. The summed E-state index contributed by atoms with van der Waals surface area (Å²) in [5, 5.41) is 30.8. The topological polar surface area (TPSA) is 111 Å². The highest BCUT2D eigenvalue weighted by Gasteiger charge is 2.15. The van der Waals surface area contributed by atoms with Gasteiger partial charge in [-0.15, -0.1) is 0 Å². The molecule has 0 heterocycles. The van der Waals surface area contributed by atoms with Gasteiger partial charge in [0.15, 0.2) is 0 Å². The van der Waals surface area contributed by atoms with Crippen LogP contribution in [-0.4, -0.2) is 22.1 Å². The lowest BCUT2D eigenvalue weighted by Crippen LogP contribution is -2.22. The summed E-state index contributed by atoms with van der Waals surface area (Å²) < 4.78 is 0. The zero-order valence-corrected chi connectivity index (χ0v) is 21.9. The maximum absolute atomic E-state index is 12.4. The Labute approximate surface area is 218 Å². The fourth-order valence-electron chi connectivity index (χ4n) is 3.98. The number of aromatic carboxylic acids is 1. The Kier molecular flexibility index (Phi) is 9.55. The second kappa shape index (κ2) is 12.8. The number of carbonyl (C=O) groups is 2. The van der Waals surface area contributed by atoms with Crippen molar-refractivity contribution in [3.63, 3.8) is 0 Å². The lowest BCUT2D eigenvalue weighted by atomic mass is 9.90. The summed E-state index contributed by atoms with van der Waals surface area (Å²) in [6.07, 6.45) is 1.95. The van der Waals surface area contributed by atoms with Crippen LogP contribution < -0.4 is 5.32 Å². The van der Waals surface area contributed by atoms with Crippen LogP contribution in [0.1, 0.15) is 85.0 Å². The van der Waals surface area contributed by atoms with E-state index in [0.717, 1.165) is 35.1 Å². The Morgan fingerprint density at radius 3 is 1.81 bits per heavy atom. The molecule has 1 amide bonds. The number of aromatic hydroxyl groups is 1. The average Bonchev–Trinajstić information content (AvgIpc) is 2.87. The van der Waals surface area contributed by atoms with Gasteiger partial charge in [-0.25, -0.2) is 4.79 Å². The summed E-state index contributed by atoms with van der Waals surface area (Å²) in [6.45, 7) is 8.74. The van der Waals surface area contributed by atoms with Gasteiger partial charge in [-0.05, 0) is 83.3 Å². The van der Waals surface area contributed by atoms with E-state index in [1.54, 1.807) is 12.1 Å². The molecule has 0 aliphatic rings. The van der Waals surface area contributed by atoms with Gasteiger partial charge in [-0.1, -0.05) is 52.0 Å². The third-order valence-electron chi connectivity index (χ3n) is 6.16. The normalized spacial score (nSPS) is 11.4. The summed E-state index contributed by atoms with van der Waals surface area (Å²) in [7, 11) is 0. The zero-order chi connectivity index (χ0) is 26.9. The van der Waals surface area contributed by atoms with Gasteiger partial charge in [0.2, 0.25) is 5.91 Å². The highest BCUT2D eigenvalue weighted by Crippen LogP contribution is 2.35. The van der Waals surface area contributed by atoms with Gasteiger partial charge >= 0.3 is 5.97 Å². The molecule has 0 saturated heterocycles. The molecule has 7 heteroatoms. The van der Waals surface area contributed by atoms with E-state index in [0.29, 0.717) is 30.1 Å². The average molecular weight is 502 g/mol. The fraction of sp³-hybridized carbons (Fsp3) is 0.333. The number of hydrogen-bond donors (Lipinski definition) is 3. The molecule has 0 unspecified atom stereocenters. The summed E-state index contributed by atoms with van der Waals surface area (Å²) in [5.74, 6) is -0.115. The van der Waals surface area contributed by atoms with E-state index in [1.807, 2.05) is 24.3 Å². The molecule has 0 bridgehead atoms. The lowest BCUT2D eigenvalue weighted by Gasteiger charge is -2.17. The van der Waals surface area contributed by atoms with Gasteiger partial charge in [0.1, 0.15) is 5.75 Å². The number of hydrogen-bond acceptors (Lipinski definition) is 5. The second-order valence-corrected chi connectivity index (χ2v) is 9.78. The Hall–Kier alpha value is -4.00. The Balaban J connectivity index is 1.47. The molecule has 3 aromatic rings. The largest absolute Gasteiger partial charge is 0.507 e. The molecule has 0 fully saturated rings. The fourth-order valence-corrected chi connectivity index (χ4v) is 3.98. The lowest BCUT2D eigenvalue weighted by molar-refractivity contribution is -0.121. The third kappa shape index (κ3) is 8.00. The van der Waals surface area contributed by atoms with Crippen molar-refractivity contribution in [2.75, 3.05) is 0 Å². The summed E-state index contributed by atoms with van der Waals surface area (Å²) in [6, 6.07) is 17.7.